The van der Waals surface area contributed by atoms with Crippen LogP contribution in [0.1, 0.15) is 6.42 Å². The predicted molar refractivity (Wildman–Crippen MR) is 156 cm³/mol. The fraction of sp³-hybridized carbons (Fsp3) is 0.444. The van der Waals surface area contributed by atoms with Gasteiger partial charge in [0.05, 0.1) is 44.2 Å². The van der Waals surface area contributed by atoms with Gasteiger partial charge < -0.3 is 28.8 Å². The van der Waals surface area contributed by atoms with Gasteiger partial charge >= 0.3 is 5.97 Å². The number of thiazole rings is 1. The lowest BCUT2D eigenvalue weighted by Crippen LogP contribution is -2.22. The van der Waals surface area contributed by atoms with Crippen molar-refractivity contribution in [2.24, 2.45) is 11.8 Å². The topological polar surface area (TPSA) is 127 Å². The molecule has 5 rings (SSSR count). The number of aromatic nitrogens is 4. The van der Waals surface area contributed by atoms with Crippen LogP contribution in [0.2, 0.25) is 25.7 Å². The molecule has 1 amide bonds. The molecule has 0 aliphatic heterocycles. The van der Waals surface area contributed by atoms with E-state index >= 15 is 0 Å². The Balaban J connectivity index is 1.54. The number of pyridine rings is 2. The summed E-state index contributed by atoms with van der Waals surface area (Å²) in [6, 6.07) is 4.67. The van der Waals surface area contributed by atoms with Crippen molar-refractivity contribution in [3.05, 3.63) is 23.8 Å². The van der Waals surface area contributed by atoms with Crippen LogP contribution in [0.15, 0.2) is 23.8 Å². The van der Waals surface area contributed by atoms with Crippen molar-refractivity contribution < 1.29 is 28.5 Å². The number of amides is 1. The summed E-state index contributed by atoms with van der Waals surface area (Å²) in [4.78, 5) is 38.3. The number of esters is 1. The van der Waals surface area contributed by atoms with Crippen LogP contribution in [0, 0.1) is 11.8 Å². The van der Waals surface area contributed by atoms with Crippen LogP contribution < -0.4 is 14.8 Å². The number of methoxy groups -OCH3 is 3. The molecule has 13 heteroatoms. The molecule has 2 atom stereocenters. The highest BCUT2D eigenvalue weighted by Gasteiger charge is 2.49. The first-order valence-electron chi connectivity index (χ1n) is 13.0. The third-order valence-corrected chi connectivity index (χ3v) is 9.42. The standard InChI is InChI=1S/C27H33N5O6SSi/c1-35-21-20(26(36-2)31-23-22(21)39-13-28-23)18-12-32(14-38-9-10-40(4,5)6)24-15(18)7-8-19(29-24)30-25(33)16-11-17(16)27(34)37-3/h7-8,12-13,16-17H,9-11,14H2,1-6H3,(H,29,30,33)/t16-,17-/m1/s1. The maximum Gasteiger partial charge on any atom is 0.309 e. The molecule has 11 nitrogen and oxygen atoms in total. The number of carbonyl (C=O) groups excluding carboxylic acids is 2. The zero-order chi connectivity index (χ0) is 28.6. The van der Waals surface area contributed by atoms with Gasteiger partial charge in [0, 0.05) is 31.8 Å². The lowest BCUT2D eigenvalue weighted by molar-refractivity contribution is -0.143. The van der Waals surface area contributed by atoms with Crippen LogP contribution in [0.4, 0.5) is 5.82 Å². The Bertz CT molecular complexity index is 1580. The number of nitrogens with one attached hydrogen (secondary N) is 1. The van der Waals surface area contributed by atoms with Crippen molar-refractivity contribution in [1.82, 2.24) is 19.5 Å². The van der Waals surface area contributed by atoms with E-state index in [1.807, 2.05) is 16.8 Å². The zero-order valence-electron chi connectivity index (χ0n) is 23.4. The molecule has 4 heterocycles. The van der Waals surface area contributed by atoms with Crippen LogP contribution in [-0.2, 0) is 25.8 Å². The van der Waals surface area contributed by atoms with Crippen molar-refractivity contribution >= 4 is 58.5 Å². The molecular formula is C27H33N5O6SSi. The van der Waals surface area contributed by atoms with Gasteiger partial charge in [0.1, 0.15) is 22.9 Å². The fourth-order valence-corrected chi connectivity index (χ4v) is 6.12. The molecule has 0 bridgehead atoms. The van der Waals surface area contributed by atoms with Gasteiger partial charge in [-0.05, 0) is 24.6 Å². The van der Waals surface area contributed by atoms with Gasteiger partial charge in [0.15, 0.2) is 11.4 Å². The van der Waals surface area contributed by atoms with Gasteiger partial charge in [-0.3, -0.25) is 9.59 Å². The normalized spacial score (nSPS) is 16.8. The third-order valence-electron chi connectivity index (χ3n) is 6.90. The van der Waals surface area contributed by atoms with E-state index in [2.05, 4.69) is 34.9 Å². The Morgan fingerprint density at radius 2 is 1.93 bits per heavy atom. The SMILES string of the molecule is COC(=O)[C@@H]1C[C@H]1C(=O)Nc1ccc2c(-c3c(OC)nc4ncsc4c3OC)cn(COCC[Si](C)(C)C)c2n1. The highest BCUT2D eigenvalue weighted by molar-refractivity contribution is 7.17. The van der Waals surface area contributed by atoms with Crippen LogP contribution >= 0.6 is 11.3 Å². The second kappa shape index (κ2) is 11.1. The highest BCUT2D eigenvalue weighted by Crippen LogP contribution is 2.46. The summed E-state index contributed by atoms with van der Waals surface area (Å²) in [7, 11) is 3.24. The van der Waals surface area contributed by atoms with E-state index in [0.29, 0.717) is 47.3 Å². The molecule has 1 aliphatic carbocycles. The molecule has 0 spiro atoms. The lowest BCUT2D eigenvalue weighted by atomic mass is 10.1. The smallest absolute Gasteiger partial charge is 0.309 e. The maximum atomic E-state index is 12.8. The largest absolute Gasteiger partial charge is 0.494 e. The fourth-order valence-electron chi connectivity index (χ4n) is 4.61. The molecule has 4 aromatic rings. The van der Waals surface area contributed by atoms with Gasteiger partial charge in [-0.2, -0.15) is 4.98 Å². The quantitative estimate of drug-likeness (QED) is 0.151. The predicted octanol–water partition coefficient (Wildman–Crippen LogP) is 4.79. The number of hydrogen-bond acceptors (Lipinski definition) is 10. The number of nitrogens with zero attached hydrogens (tertiary/aromatic N) is 4. The first kappa shape index (κ1) is 28.0. The maximum absolute atomic E-state index is 12.8. The van der Waals surface area contributed by atoms with E-state index in [-0.39, 0.29) is 18.6 Å². The van der Waals surface area contributed by atoms with E-state index in [4.69, 9.17) is 23.9 Å². The number of fused-ring (bicyclic) bond motifs is 2. The van der Waals surface area contributed by atoms with Crippen molar-refractivity contribution in [3.8, 4) is 22.8 Å². The number of rotatable bonds is 11. The Morgan fingerprint density at radius 3 is 2.62 bits per heavy atom. The summed E-state index contributed by atoms with van der Waals surface area (Å²) >= 11 is 1.44. The van der Waals surface area contributed by atoms with Crippen LogP contribution in [-0.4, -0.2) is 67.4 Å². The second-order valence-corrected chi connectivity index (χ2v) is 17.4. The molecule has 1 N–H and O–H groups in total. The minimum atomic E-state index is -1.27. The molecule has 1 aliphatic rings. The van der Waals surface area contributed by atoms with Gasteiger partial charge in [-0.1, -0.05) is 19.6 Å². The first-order chi connectivity index (χ1) is 19.1. The zero-order valence-corrected chi connectivity index (χ0v) is 25.3. The molecule has 0 saturated heterocycles. The van der Waals surface area contributed by atoms with Gasteiger partial charge in [0.25, 0.3) is 0 Å². The molecule has 212 valence electrons. The molecule has 0 aromatic carbocycles. The van der Waals surface area contributed by atoms with E-state index < -0.39 is 19.9 Å². The molecule has 1 saturated carbocycles. The minimum absolute atomic E-state index is 0.254. The van der Waals surface area contributed by atoms with Crippen molar-refractivity contribution in [3.63, 3.8) is 0 Å². The molecule has 40 heavy (non-hydrogen) atoms. The summed E-state index contributed by atoms with van der Waals surface area (Å²) in [5, 5.41) is 3.67. The average molecular weight is 584 g/mol. The summed E-state index contributed by atoms with van der Waals surface area (Å²) in [5.74, 6) is -0.0593. The highest BCUT2D eigenvalue weighted by atomic mass is 32.1. The number of carbonyl (C=O) groups is 2. The van der Waals surface area contributed by atoms with E-state index in [9.17, 15) is 9.59 Å². The van der Waals surface area contributed by atoms with Gasteiger partial charge in [-0.25, -0.2) is 9.97 Å². The summed E-state index contributed by atoms with van der Waals surface area (Å²) in [5.41, 5.74) is 4.38. The van der Waals surface area contributed by atoms with Gasteiger partial charge in [-0.15, -0.1) is 11.3 Å². The summed E-state index contributed by atoms with van der Waals surface area (Å²) in [6.45, 7) is 7.84. The number of anilines is 1. The van der Waals surface area contributed by atoms with Crippen LogP contribution in [0.3, 0.4) is 0 Å². The molecule has 0 radical (unpaired) electrons. The van der Waals surface area contributed by atoms with Crippen LogP contribution in [0.25, 0.3) is 32.5 Å². The van der Waals surface area contributed by atoms with Crippen molar-refractivity contribution in [2.75, 3.05) is 33.3 Å². The Morgan fingerprint density at radius 1 is 1.12 bits per heavy atom. The molecular weight excluding hydrogens is 550 g/mol. The summed E-state index contributed by atoms with van der Waals surface area (Å²) < 4.78 is 25.1. The molecule has 4 aromatic heterocycles. The Hall–Kier alpha value is -3.55. The molecule has 0 unspecified atom stereocenters. The molecule has 1 fully saturated rings. The Labute approximate surface area is 236 Å². The average Bonchev–Trinajstić information content (AvgIpc) is 3.47. The van der Waals surface area contributed by atoms with Crippen LogP contribution in [0.5, 0.6) is 11.6 Å². The minimum Gasteiger partial charge on any atom is -0.494 e. The number of ether oxygens (including phenoxy) is 4. The first-order valence-corrected chi connectivity index (χ1v) is 17.6. The third kappa shape index (κ3) is 5.53. The lowest BCUT2D eigenvalue weighted by Gasteiger charge is -2.15. The van der Waals surface area contributed by atoms with Gasteiger partial charge in [0.2, 0.25) is 11.8 Å². The monoisotopic (exact) mass is 583 g/mol. The number of hydrogen-bond donors (Lipinski definition) is 1. The second-order valence-electron chi connectivity index (χ2n) is 10.9. The summed E-state index contributed by atoms with van der Waals surface area (Å²) in [6.07, 6.45) is 2.42. The van der Waals surface area contributed by atoms with E-state index in [1.54, 1.807) is 25.8 Å². The van der Waals surface area contributed by atoms with E-state index in [1.165, 1.54) is 18.4 Å². The van der Waals surface area contributed by atoms with Crippen molar-refractivity contribution in [1.29, 1.82) is 0 Å². The van der Waals surface area contributed by atoms with Crippen molar-refractivity contribution in [2.45, 2.75) is 38.8 Å². The Kier molecular flexibility index (Phi) is 7.80. The van der Waals surface area contributed by atoms with E-state index in [0.717, 1.165) is 21.7 Å².